The molecule has 0 atom stereocenters. The smallest absolute Gasteiger partial charge is 0.123 e. The van der Waals surface area contributed by atoms with Gasteiger partial charge in [0.15, 0.2) is 0 Å². The van der Waals surface area contributed by atoms with Gasteiger partial charge in [-0.05, 0) is 36.4 Å². The van der Waals surface area contributed by atoms with Crippen molar-refractivity contribution in [3.63, 3.8) is 0 Å². The van der Waals surface area contributed by atoms with Crippen LogP contribution in [0, 0.1) is 5.82 Å². The number of benzene rings is 2. The Morgan fingerprint density at radius 3 is 2.77 bits per heavy atom. The lowest BCUT2D eigenvalue weighted by Crippen LogP contribution is -1.85. The molecule has 2 nitrogen and oxygen atoms in total. The van der Waals surface area contributed by atoms with Crippen molar-refractivity contribution in [3.05, 3.63) is 65.4 Å². The first kappa shape index (κ1) is 15.1. The highest BCUT2D eigenvalue weighted by atomic mass is 32.2. The van der Waals surface area contributed by atoms with Crippen molar-refractivity contribution in [1.29, 1.82) is 0 Å². The molecular formula is C17H14FNOS2. The van der Waals surface area contributed by atoms with Gasteiger partial charge in [-0.15, -0.1) is 23.1 Å². The summed E-state index contributed by atoms with van der Waals surface area (Å²) in [4.78, 5) is 5.70. The third-order valence-electron chi connectivity index (χ3n) is 3.07. The normalized spacial score (nSPS) is 10.6. The summed E-state index contributed by atoms with van der Waals surface area (Å²) in [5.41, 5.74) is 2.08. The van der Waals surface area contributed by atoms with E-state index in [-0.39, 0.29) is 5.82 Å². The molecule has 0 aliphatic carbocycles. The molecule has 0 radical (unpaired) electrons. The van der Waals surface area contributed by atoms with Gasteiger partial charge in [0.25, 0.3) is 0 Å². The van der Waals surface area contributed by atoms with Gasteiger partial charge in [-0.25, -0.2) is 9.37 Å². The van der Waals surface area contributed by atoms with Gasteiger partial charge in [-0.1, -0.05) is 12.1 Å². The topological polar surface area (TPSA) is 22.1 Å². The van der Waals surface area contributed by atoms with Crippen LogP contribution in [0.15, 0.2) is 58.8 Å². The molecule has 112 valence electrons. The lowest BCUT2D eigenvalue weighted by molar-refractivity contribution is 0.415. The summed E-state index contributed by atoms with van der Waals surface area (Å²) in [5, 5.41) is 3.04. The summed E-state index contributed by atoms with van der Waals surface area (Å²) >= 11 is 3.27. The van der Waals surface area contributed by atoms with Crippen LogP contribution >= 0.6 is 23.1 Å². The fourth-order valence-electron chi connectivity index (χ4n) is 1.95. The number of hydrogen-bond acceptors (Lipinski definition) is 4. The predicted molar refractivity (Wildman–Crippen MR) is 90.1 cm³/mol. The van der Waals surface area contributed by atoms with E-state index in [1.807, 2.05) is 24.3 Å². The van der Waals surface area contributed by atoms with Crippen LogP contribution in [0.1, 0.15) is 5.69 Å². The van der Waals surface area contributed by atoms with Crippen LogP contribution in [-0.2, 0) is 5.75 Å². The van der Waals surface area contributed by atoms with Crippen molar-refractivity contribution in [1.82, 2.24) is 4.98 Å². The number of rotatable bonds is 5. The number of nitrogens with zero attached hydrogens (tertiary/aromatic N) is 1. The third-order valence-corrected chi connectivity index (χ3v) is 5.05. The van der Waals surface area contributed by atoms with Gasteiger partial charge >= 0.3 is 0 Å². The fourth-order valence-corrected chi connectivity index (χ4v) is 3.66. The average molecular weight is 331 g/mol. The van der Waals surface area contributed by atoms with E-state index in [4.69, 9.17) is 4.74 Å². The van der Waals surface area contributed by atoms with Gasteiger partial charge in [0.05, 0.1) is 12.8 Å². The second kappa shape index (κ2) is 6.94. The highest BCUT2D eigenvalue weighted by Gasteiger charge is 2.06. The molecule has 3 rings (SSSR count). The number of thiazole rings is 1. The Balaban J connectivity index is 1.69. The van der Waals surface area contributed by atoms with Crippen LogP contribution in [0.2, 0.25) is 0 Å². The molecule has 0 aliphatic rings. The number of halogens is 1. The van der Waals surface area contributed by atoms with Gasteiger partial charge in [-0.2, -0.15) is 0 Å². The lowest BCUT2D eigenvalue weighted by Gasteiger charge is -2.01. The minimum atomic E-state index is -0.210. The van der Waals surface area contributed by atoms with Crippen LogP contribution in [0.25, 0.3) is 10.6 Å². The minimum Gasteiger partial charge on any atom is -0.497 e. The van der Waals surface area contributed by atoms with Gasteiger partial charge < -0.3 is 4.74 Å². The number of thioether (sulfide) groups is 1. The summed E-state index contributed by atoms with van der Waals surface area (Å²) in [6, 6.07) is 14.4. The van der Waals surface area contributed by atoms with Gasteiger partial charge in [0.1, 0.15) is 16.6 Å². The van der Waals surface area contributed by atoms with Crippen LogP contribution < -0.4 is 4.74 Å². The molecule has 0 saturated carbocycles. The molecule has 5 heteroatoms. The highest BCUT2D eigenvalue weighted by molar-refractivity contribution is 7.98. The molecule has 1 aromatic heterocycles. The van der Waals surface area contributed by atoms with E-state index in [0.717, 1.165) is 32.7 Å². The fraction of sp³-hybridized carbons (Fsp3) is 0.118. The Hall–Kier alpha value is -1.85. The molecule has 0 bridgehead atoms. The van der Waals surface area contributed by atoms with E-state index < -0.39 is 0 Å². The van der Waals surface area contributed by atoms with E-state index in [1.54, 1.807) is 42.3 Å². The van der Waals surface area contributed by atoms with E-state index in [1.165, 1.54) is 12.1 Å². The molecule has 0 saturated heterocycles. The first-order valence-electron chi connectivity index (χ1n) is 6.72. The maximum Gasteiger partial charge on any atom is 0.123 e. The Morgan fingerprint density at radius 2 is 2.00 bits per heavy atom. The van der Waals surface area contributed by atoms with Gasteiger partial charge in [0, 0.05) is 21.6 Å². The molecule has 0 fully saturated rings. The van der Waals surface area contributed by atoms with Crippen molar-refractivity contribution >= 4 is 23.1 Å². The third kappa shape index (κ3) is 3.67. The van der Waals surface area contributed by atoms with E-state index >= 15 is 0 Å². The van der Waals surface area contributed by atoms with Crippen molar-refractivity contribution in [2.75, 3.05) is 7.11 Å². The lowest BCUT2D eigenvalue weighted by atomic mass is 10.2. The van der Waals surface area contributed by atoms with Crippen molar-refractivity contribution in [2.24, 2.45) is 0 Å². The second-order valence-corrected chi connectivity index (χ2v) is 6.53. The van der Waals surface area contributed by atoms with Crippen molar-refractivity contribution in [2.45, 2.75) is 10.6 Å². The molecule has 0 aliphatic heterocycles. The van der Waals surface area contributed by atoms with E-state index in [0.29, 0.717) is 0 Å². The first-order valence-corrected chi connectivity index (χ1v) is 8.58. The minimum absolute atomic E-state index is 0.210. The summed E-state index contributed by atoms with van der Waals surface area (Å²) in [7, 11) is 1.66. The van der Waals surface area contributed by atoms with E-state index in [9.17, 15) is 4.39 Å². The molecule has 0 spiro atoms. The van der Waals surface area contributed by atoms with Crippen LogP contribution in [0.3, 0.4) is 0 Å². The Bertz CT molecular complexity index is 755. The van der Waals surface area contributed by atoms with Gasteiger partial charge in [0.2, 0.25) is 0 Å². The first-order chi connectivity index (χ1) is 10.7. The van der Waals surface area contributed by atoms with Crippen LogP contribution in [0.5, 0.6) is 5.75 Å². The molecule has 2 aromatic carbocycles. The molecule has 3 aromatic rings. The quantitative estimate of drug-likeness (QED) is 0.596. The van der Waals surface area contributed by atoms with Crippen LogP contribution in [-0.4, -0.2) is 12.1 Å². The van der Waals surface area contributed by atoms with Gasteiger partial charge in [-0.3, -0.25) is 0 Å². The zero-order valence-electron chi connectivity index (χ0n) is 12.0. The highest BCUT2D eigenvalue weighted by Crippen LogP contribution is 2.29. The second-order valence-electron chi connectivity index (χ2n) is 4.62. The summed E-state index contributed by atoms with van der Waals surface area (Å²) < 4.78 is 18.1. The maximum atomic E-state index is 12.9. The van der Waals surface area contributed by atoms with Crippen molar-refractivity contribution < 1.29 is 9.13 Å². The molecule has 1 heterocycles. The Kier molecular flexibility index (Phi) is 4.75. The number of hydrogen-bond donors (Lipinski definition) is 0. The number of methoxy groups -OCH3 is 1. The zero-order valence-corrected chi connectivity index (χ0v) is 13.6. The van der Waals surface area contributed by atoms with Crippen LogP contribution in [0.4, 0.5) is 4.39 Å². The predicted octanol–water partition coefficient (Wildman–Crippen LogP) is 5.25. The maximum absolute atomic E-state index is 12.9. The Labute approximate surface area is 137 Å². The van der Waals surface area contributed by atoms with E-state index in [2.05, 4.69) is 10.4 Å². The van der Waals surface area contributed by atoms with Crippen molar-refractivity contribution in [3.8, 4) is 16.3 Å². The molecule has 0 N–H and O–H groups in total. The summed E-state index contributed by atoms with van der Waals surface area (Å²) in [5.74, 6) is 1.39. The number of aromatic nitrogens is 1. The standard InChI is InChI=1S/C17H14FNOS2/c1-20-15-4-2-3-12(9-15)17-19-14(11-22-17)10-21-16-7-5-13(18)6-8-16/h2-9,11H,10H2,1H3. The summed E-state index contributed by atoms with van der Waals surface area (Å²) in [6.07, 6.45) is 0. The average Bonchev–Trinajstić information content (AvgIpc) is 3.03. The Morgan fingerprint density at radius 1 is 1.18 bits per heavy atom. The largest absolute Gasteiger partial charge is 0.497 e. The summed E-state index contributed by atoms with van der Waals surface area (Å²) in [6.45, 7) is 0. The zero-order chi connectivity index (χ0) is 15.4. The number of ether oxygens (including phenoxy) is 1. The monoisotopic (exact) mass is 331 g/mol. The molecular weight excluding hydrogens is 317 g/mol. The molecule has 0 unspecified atom stereocenters. The SMILES string of the molecule is COc1cccc(-c2nc(CSc3ccc(F)cc3)cs2)c1. The molecule has 0 amide bonds. The molecule has 22 heavy (non-hydrogen) atoms.